The second kappa shape index (κ2) is 11.8. The number of nitrogens with zero attached hydrogens (tertiary/aromatic N) is 3. The van der Waals surface area contributed by atoms with Crippen molar-refractivity contribution in [1.82, 2.24) is 9.88 Å². The Morgan fingerprint density at radius 1 is 1.03 bits per heavy atom. The van der Waals surface area contributed by atoms with Crippen molar-refractivity contribution >= 4 is 45.7 Å². The van der Waals surface area contributed by atoms with Crippen molar-refractivity contribution in [2.24, 2.45) is 4.99 Å². The number of fused-ring (bicyclic) bond motifs is 1. The number of hydrogen-bond donors (Lipinski definition) is 3. The number of aliphatic imine (C=N–C) groups is 1. The van der Waals surface area contributed by atoms with Gasteiger partial charge in [0, 0.05) is 42.3 Å². The fourth-order valence-electron chi connectivity index (χ4n) is 4.14. The average Bonchev–Trinajstić information content (AvgIpc) is 3.22. The minimum Gasteiger partial charge on any atom is -0.494 e. The minimum absolute atomic E-state index is 0.0645. The number of rotatable bonds is 8. The maximum absolute atomic E-state index is 13.9. The number of amides is 2. The molecule has 1 heterocycles. The molecule has 0 aliphatic heterocycles. The molecule has 0 saturated carbocycles. The van der Waals surface area contributed by atoms with Crippen LogP contribution in [0.5, 0.6) is 5.88 Å². The number of halogens is 1. The van der Waals surface area contributed by atoms with E-state index in [9.17, 15) is 19.1 Å². The van der Waals surface area contributed by atoms with Crippen molar-refractivity contribution in [1.29, 1.82) is 0 Å². The number of hydrogen-bond acceptors (Lipinski definition) is 6. The molecule has 3 N–H and O–H groups in total. The van der Waals surface area contributed by atoms with Gasteiger partial charge in [0.25, 0.3) is 0 Å². The van der Waals surface area contributed by atoms with E-state index in [1.165, 1.54) is 26.2 Å². The Hall–Kier alpha value is -4.70. The largest absolute Gasteiger partial charge is 0.494 e. The summed E-state index contributed by atoms with van der Waals surface area (Å²) in [5.74, 6) is -0.661. The molecule has 3 aromatic carbocycles. The summed E-state index contributed by atoms with van der Waals surface area (Å²) in [5, 5.41) is 14.0. The van der Waals surface area contributed by atoms with E-state index in [0.717, 1.165) is 5.69 Å². The lowest BCUT2D eigenvalue weighted by Crippen LogP contribution is -2.35. The van der Waals surface area contributed by atoms with Crippen molar-refractivity contribution in [2.45, 2.75) is 6.92 Å². The maximum Gasteiger partial charge on any atom is 0.411 e. The molecule has 0 radical (unpaired) electrons. The number of likely N-dealkylation sites (N-methyl/N-ethyl adjacent to an activating group) is 1. The van der Waals surface area contributed by atoms with Crippen LogP contribution in [0.4, 0.5) is 26.2 Å². The quantitative estimate of drug-likeness (QED) is 0.268. The summed E-state index contributed by atoms with van der Waals surface area (Å²) in [6.07, 6.45) is -0.599. The van der Waals surface area contributed by atoms with Gasteiger partial charge in [-0.05, 0) is 68.7 Å². The number of methoxy groups -OCH3 is 1. The Morgan fingerprint density at radius 3 is 2.33 bits per heavy atom. The molecule has 0 aliphatic rings. The zero-order chi connectivity index (χ0) is 28.1. The summed E-state index contributed by atoms with van der Waals surface area (Å²) in [5.41, 5.74) is 3.74. The van der Waals surface area contributed by atoms with Crippen LogP contribution in [0, 0.1) is 5.82 Å². The molecule has 0 spiro atoms. The van der Waals surface area contributed by atoms with Crippen molar-refractivity contribution in [3.63, 3.8) is 0 Å². The predicted molar refractivity (Wildman–Crippen MR) is 151 cm³/mol. The van der Waals surface area contributed by atoms with E-state index in [-0.39, 0.29) is 11.8 Å². The van der Waals surface area contributed by atoms with Crippen LogP contribution in [0.15, 0.2) is 71.7 Å². The average molecular weight is 532 g/mol. The zero-order valence-corrected chi connectivity index (χ0v) is 22.2. The van der Waals surface area contributed by atoms with Crippen molar-refractivity contribution < 1.29 is 23.8 Å². The van der Waals surface area contributed by atoms with Gasteiger partial charge in [0.1, 0.15) is 5.82 Å². The molecule has 4 rings (SSSR count). The van der Waals surface area contributed by atoms with E-state index in [0.29, 0.717) is 52.2 Å². The van der Waals surface area contributed by atoms with E-state index < -0.39 is 11.9 Å². The fraction of sp³-hybridized carbons (Fsp3) is 0.207. The van der Waals surface area contributed by atoms with Gasteiger partial charge in [-0.15, -0.1) is 0 Å². The van der Waals surface area contributed by atoms with Gasteiger partial charge in [-0.1, -0.05) is 12.1 Å². The minimum atomic E-state index is -0.599. The third kappa shape index (κ3) is 6.42. The predicted octanol–water partition coefficient (Wildman–Crippen LogP) is 5.27. The molecule has 4 aromatic rings. The van der Waals surface area contributed by atoms with E-state index in [1.54, 1.807) is 47.4 Å². The lowest BCUT2D eigenvalue weighted by atomic mass is 10.0. The summed E-state index contributed by atoms with van der Waals surface area (Å²) >= 11 is 0. The standard InChI is InChI=1S/C29H30FN5O4/c1-18(36)35(16-15-34(2)3)23-12-10-21(11-13-23)31-27(19-5-8-22(9-6-19)32-29(38)39-4)26-24-14-7-20(30)17-25(24)33-28(26)37/h5-14,17,33,37H,15-16H2,1-4H3,(H,32,38). The summed E-state index contributed by atoms with van der Waals surface area (Å²) < 4.78 is 18.5. The van der Waals surface area contributed by atoms with Crippen molar-refractivity contribution in [2.75, 3.05) is 44.5 Å². The first-order chi connectivity index (χ1) is 18.7. The van der Waals surface area contributed by atoms with Gasteiger partial charge < -0.3 is 24.6 Å². The monoisotopic (exact) mass is 531 g/mol. The van der Waals surface area contributed by atoms with E-state index in [4.69, 9.17) is 4.99 Å². The summed E-state index contributed by atoms with van der Waals surface area (Å²) in [6, 6.07) is 18.3. The summed E-state index contributed by atoms with van der Waals surface area (Å²) in [6.45, 7) is 2.79. The Labute approximate surface area is 225 Å². The lowest BCUT2D eigenvalue weighted by molar-refractivity contribution is -0.116. The summed E-state index contributed by atoms with van der Waals surface area (Å²) in [7, 11) is 5.18. The number of aromatic hydroxyl groups is 1. The Kier molecular flexibility index (Phi) is 8.26. The number of ether oxygens (including phenoxy) is 1. The highest BCUT2D eigenvalue weighted by Gasteiger charge is 2.20. The Bertz CT molecular complexity index is 1510. The Balaban J connectivity index is 1.77. The fourth-order valence-corrected chi connectivity index (χ4v) is 4.14. The first-order valence-corrected chi connectivity index (χ1v) is 12.2. The van der Waals surface area contributed by atoms with Gasteiger partial charge in [-0.2, -0.15) is 0 Å². The molecule has 0 atom stereocenters. The number of nitrogens with one attached hydrogen (secondary N) is 2. The van der Waals surface area contributed by atoms with Crippen LogP contribution in [-0.4, -0.2) is 67.0 Å². The first kappa shape index (κ1) is 27.3. The molecule has 0 unspecified atom stereocenters. The number of anilines is 2. The molecular weight excluding hydrogens is 501 g/mol. The zero-order valence-electron chi connectivity index (χ0n) is 22.2. The molecule has 2 amide bonds. The summed E-state index contributed by atoms with van der Waals surface area (Å²) in [4.78, 5) is 35.2. The van der Waals surface area contributed by atoms with Gasteiger partial charge >= 0.3 is 6.09 Å². The molecule has 0 bridgehead atoms. The molecule has 0 fully saturated rings. The number of carbonyl (C=O) groups is 2. The SMILES string of the molecule is COC(=O)Nc1ccc(C(=Nc2ccc(N(CCN(C)C)C(C)=O)cc2)c2c(O)[nH]c3cc(F)ccc23)cc1. The highest BCUT2D eigenvalue weighted by atomic mass is 19.1. The third-order valence-electron chi connectivity index (χ3n) is 6.12. The number of carbonyl (C=O) groups excluding carboxylic acids is 2. The second-order valence-electron chi connectivity index (χ2n) is 9.18. The molecule has 10 heteroatoms. The van der Waals surface area contributed by atoms with Gasteiger partial charge in [-0.3, -0.25) is 10.1 Å². The normalized spacial score (nSPS) is 11.6. The number of aromatic nitrogens is 1. The van der Waals surface area contributed by atoms with Crippen molar-refractivity contribution in [3.8, 4) is 5.88 Å². The van der Waals surface area contributed by atoms with E-state index in [1.807, 2.05) is 31.1 Å². The number of benzene rings is 3. The van der Waals surface area contributed by atoms with E-state index in [2.05, 4.69) is 15.0 Å². The van der Waals surface area contributed by atoms with Gasteiger partial charge in [0.2, 0.25) is 5.91 Å². The van der Waals surface area contributed by atoms with Crippen LogP contribution in [-0.2, 0) is 9.53 Å². The molecular formula is C29H30FN5O4. The molecule has 0 saturated heterocycles. The number of H-pyrrole nitrogens is 1. The molecule has 0 aliphatic carbocycles. The molecule has 39 heavy (non-hydrogen) atoms. The van der Waals surface area contributed by atoms with Gasteiger partial charge in [-0.25, -0.2) is 14.2 Å². The van der Waals surface area contributed by atoms with Crippen LogP contribution < -0.4 is 10.2 Å². The van der Waals surface area contributed by atoms with Crippen LogP contribution in [0.1, 0.15) is 18.1 Å². The third-order valence-corrected chi connectivity index (χ3v) is 6.12. The van der Waals surface area contributed by atoms with Crippen LogP contribution in [0.2, 0.25) is 0 Å². The molecule has 9 nitrogen and oxygen atoms in total. The Morgan fingerprint density at radius 2 is 1.72 bits per heavy atom. The maximum atomic E-state index is 13.9. The second-order valence-corrected chi connectivity index (χ2v) is 9.18. The topological polar surface area (TPSA) is 110 Å². The highest BCUT2D eigenvalue weighted by molar-refractivity contribution is 6.22. The van der Waals surface area contributed by atoms with Crippen LogP contribution in [0.3, 0.4) is 0 Å². The van der Waals surface area contributed by atoms with Crippen LogP contribution >= 0.6 is 0 Å². The smallest absolute Gasteiger partial charge is 0.411 e. The first-order valence-electron chi connectivity index (χ1n) is 12.2. The van der Waals surface area contributed by atoms with Gasteiger partial charge in [0.05, 0.1) is 29.6 Å². The molecule has 202 valence electrons. The van der Waals surface area contributed by atoms with E-state index >= 15 is 0 Å². The highest BCUT2D eigenvalue weighted by Crippen LogP contribution is 2.32. The number of aromatic amines is 1. The van der Waals surface area contributed by atoms with Gasteiger partial charge in [0.15, 0.2) is 5.88 Å². The van der Waals surface area contributed by atoms with Crippen LogP contribution in [0.25, 0.3) is 10.9 Å². The molecule has 1 aromatic heterocycles. The lowest BCUT2D eigenvalue weighted by Gasteiger charge is -2.23. The van der Waals surface area contributed by atoms with Crippen molar-refractivity contribution in [3.05, 3.63) is 83.7 Å².